The van der Waals surface area contributed by atoms with E-state index in [-0.39, 0.29) is 5.56 Å². The Morgan fingerprint density at radius 3 is 2.77 bits per heavy atom. The Bertz CT molecular complexity index is 639. The van der Waals surface area contributed by atoms with Gasteiger partial charge < -0.3 is 10.6 Å². The van der Waals surface area contributed by atoms with Gasteiger partial charge in [-0.25, -0.2) is 4.98 Å². The van der Waals surface area contributed by atoms with Crippen molar-refractivity contribution in [1.29, 1.82) is 0 Å². The zero-order valence-corrected chi connectivity index (χ0v) is 13.3. The van der Waals surface area contributed by atoms with Gasteiger partial charge in [0.05, 0.1) is 5.56 Å². The molecule has 2 rings (SSSR count). The molecule has 0 aliphatic rings. The molecule has 0 fully saturated rings. The van der Waals surface area contributed by atoms with E-state index in [1.165, 1.54) is 24.3 Å². The number of rotatable bonds is 4. The van der Waals surface area contributed by atoms with Crippen LogP contribution in [-0.4, -0.2) is 16.6 Å². The predicted octanol–water partition coefficient (Wildman–Crippen LogP) is 4.00. The average Bonchev–Trinajstić information content (AvgIpc) is 2.92. The van der Waals surface area contributed by atoms with Crippen molar-refractivity contribution in [2.24, 2.45) is 0 Å². The maximum atomic E-state index is 12.8. The summed E-state index contributed by atoms with van der Waals surface area (Å²) in [6.07, 6.45) is -2.22. The summed E-state index contributed by atoms with van der Waals surface area (Å²) >= 11 is 6.51. The highest BCUT2D eigenvalue weighted by Gasteiger charge is 2.32. The number of hydrogen-bond donors (Lipinski definition) is 2. The SMILES string of the molecule is Cc1c(CCNC(=S)Nc2nccs2)cccc1C(F)(F)F. The molecule has 0 saturated carbocycles. The maximum absolute atomic E-state index is 12.8. The van der Waals surface area contributed by atoms with Gasteiger partial charge in [0, 0.05) is 18.1 Å². The van der Waals surface area contributed by atoms with E-state index in [0.29, 0.717) is 28.8 Å². The minimum absolute atomic E-state index is 0.260. The lowest BCUT2D eigenvalue weighted by Crippen LogP contribution is -2.30. The van der Waals surface area contributed by atoms with Crippen molar-refractivity contribution in [2.45, 2.75) is 19.5 Å². The molecule has 2 aromatic rings. The lowest BCUT2D eigenvalue weighted by atomic mass is 10.00. The van der Waals surface area contributed by atoms with Crippen LogP contribution in [0.2, 0.25) is 0 Å². The first-order chi connectivity index (χ1) is 10.4. The van der Waals surface area contributed by atoms with Crippen molar-refractivity contribution in [3.05, 3.63) is 46.5 Å². The van der Waals surface area contributed by atoms with E-state index in [0.717, 1.165) is 6.07 Å². The number of benzene rings is 1. The van der Waals surface area contributed by atoms with E-state index in [4.69, 9.17) is 12.2 Å². The molecule has 0 radical (unpaired) electrons. The van der Waals surface area contributed by atoms with Gasteiger partial charge in [-0.15, -0.1) is 11.3 Å². The largest absolute Gasteiger partial charge is 0.416 e. The third-order valence-corrected chi connectivity index (χ3v) is 4.02. The first kappa shape index (κ1) is 16.7. The molecule has 0 amide bonds. The van der Waals surface area contributed by atoms with Crippen molar-refractivity contribution >= 4 is 33.8 Å². The quantitative estimate of drug-likeness (QED) is 0.822. The topological polar surface area (TPSA) is 37.0 Å². The Hall–Kier alpha value is -1.67. The number of thiocarbonyl (C=S) groups is 1. The first-order valence-electron chi connectivity index (χ1n) is 6.48. The Kier molecular flexibility index (Phi) is 5.36. The smallest absolute Gasteiger partial charge is 0.362 e. The van der Waals surface area contributed by atoms with Crippen molar-refractivity contribution < 1.29 is 13.2 Å². The molecular weight excluding hydrogens is 331 g/mol. The second kappa shape index (κ2) is 7.06. The van der Waals surface area contributed by atoms with Gasteiger partial charge in [0.15, 0.2) is 10.2 Å². The minimum atomic E-state index is -4.32. The molecule has 1 aromatic heterocycles. The van der Waals surface area contributed by atoms with Gasteiger partial charge in [0.2, 0.25) is 0 Å². The predicted molar refractivity (Wildman–Crippen MR) is 86.2 cm³/mol. The van der Waals surface area contributed by atoms with Gasteiger partial charge in [-0.2, -0.15) is 13.2 Å². The lowest BCUT2D eigenvalue weighted by Gasteiger charge is -2.14. The Labute approximate surface area is 135 Å². The van der Waals surface area contributed by atoms with Crippen LogP contribution in [0.5, 0.6) is 0 Å². The number of halogens is 3. The van der Waals surface area contributed by atoms with Crippen molar-refractivity contribution in [3.8, 4) is 0 Å². The van der Waals surface area contributed by atoms with Crippen LogP contribution in [0.3, 0.4) is 0 Å². The number of nitrogens with one attached hydrogen (secondary N) is 2. The summed E-state index contributed by atoms with van der Waals surface area (Å²) in [6.45, 7) is 1.93. The monoisotopic (exact) mass is 345 g/mol. The third kappa shape index (κ3) is 4.41. The van der Waals surface area contributed by atoms with E-state index in [9.17, 15) is 13.2 Å². The number of thiazole rings is 1. The van der Waals surface area contributed by atoms with Crippen molar-refractivity contribution in [2.75, 3.05) is 11.9 Å². The molecule has 0 atom stereocenters. The molecule has 0 unspecified atom stereocenters. The molecule has 0 saturated heterocycles. The number of aromatic nitrogens is 1. The van der Waals surface area contributed by atoms with Gasteiger partial charge in [0.25, 0.3) is 0 Å². The van der Waals surface area contributed by atoms with Crippen LogP contribution in [0.1, 0.15) is 16.7 Å². The Morgan fingerprint density at radius 1 is 1.36 bits per heavy atom. The Morgan fingerprint density at radius 2 is 2.14 bits per heavy atom. The normalized spacial score (nSPS) is 11.3. The molecule has 0 bridgehead atoms. The first-order valence-corrected chi connectivity index (χ1v) is 7.77. The van der Waals surface area contributed by atoms with Crippen LogP contribution in [0.4, 0.5) is 18.3 Å². The number of nitrogens with zero attached hydrogens (tertiary/aromatic N) is 1. The molecule has 0 spiro atoms. The summed E-state index contributed by atoms with van der Waals surface area (Å²) in [5.41, 5.74) is 0.323. The molecule has 0 aliphatic carbocycles. The molecule has 8 heteroatoms. The zero-order valence-electron chi connectivity index (χ0n) is 11.7. The molecule has 22 heavy (non-hydrogen) atoms. The number of hydrogen-bond acceptors (Lipinski definition) is 3. The van der Waals surface area contributed by atoms with E-state index < -0.39 is 11.7 Å². The fourth-order valence-electron chi connectivity index (χ4n) is 2.00. The molecule has 3 nitrogen and oxygen atoms in total. The van der Waals surface area contributed by atoms with Crippen LogP contribution < -0.4 is 10.6 Å². The minimum Gasteiger partial charge on any atom is -0.362 e. The van der Waals surface area contributed by atoms with E-state index in [2.05, 4.69) is 15.6 Å². The van der Waals surface area contributed by atoms with Crippen LogP contribution in [0.15, 0.2) is 29.8 Å². The fourth-order valence-corrected chi connectivity index (χ4v) is 2.80. The fraction of sp³-hybridized carbons (Fsp3) is 0.286. The molecule has 2 N–H and O–H groups in total. The van der Waals surface area contributed by atoms with E-state index >= 15 is 0 Å². The molecule has 1 aromatic carbocycles. The number of anilines is 1. The van der Waals surface area contributed by atoms with Crippen LogP contribution in [-0.2, 0) is 12.6 Å². The van der Waals surface area contributed by atoms with E-state index in [1.54, 1.807) is 12.3 Å². The average molecular weight is 345 g/mol. The standard InChI is InChI=1S/C14H14F3N3S2/c1-9-10(3-2-4-11(9)14(15,16)17)5-6-18-12(21)20-13-19-7-8-22-13/h2-4,7-8H,5-6H2,1H3,(H2,18,19,20,21). The summed E-state index contributed by atoms with van der Waals surface area (Å²) in [6, 6.07) is 4.22. The lowest BCUT2D eigenvalue weighted by molar-refractivity contribution is -0.138. The molecule has 0 aliphatic heterocycles. The van der Waals surface area contributed by atoms with Gasteiger partial charge >= 0.3 is 6.18 Å². The van der Waals surface area contributed by atoms with Gasteiger partial charge in [-0.1, -0.05) is 12.1 Å². The molecule has 118 valence electrons. The summed E-state index contributed by atoms with van der Waals surface area (Å²) in [5.74, 6) is 0. The number of alkyl halides is 3. The summed E-state index contributed by atoms with van der Waals surface area (Å²) in [4.78, 5) is 4.03. The van der Waals surface area contributed by atoms with Crippen LogP contribution in [0.25, 0.3) is 0 Å². The second-order valence-electron chi connectivity index (χ2n) is 4.56. The zero-order chi connectivity index (χ0) is 16.2. The highest BCUT2D eigenvalue weighted by atomic mass is 32.1. The van der Waals surface area contributed by atoms with Gasteiger partial charge in [-0.05, 0) is 42.8 Å². The Balaban J connectivity index is 1.91. The van der Waals surface area contributed by atoms with Gasteiger partial charge in [0.1, 0.15) is 0 Å². The molecule has 1 heterocycles. The highest BCUT2D eigenvalue weighted by molar-refractivity contribution is 7.80. The van der Waals surface area contributed by atoms with Crippen LogP contribution in [0, 0.1) is 6.92 Å². The van der Waals surface area contributed by atoms with Crippen molar-refractivity contribution in [3.63, 3.8) is 0 Å². The highest BCUT2D eigenvalue weighted by Crippen LogP contribution is 2.32. The third-order valence-electron chi connectivity index (χ3n) is 3.08. The molecular formula is C14H14F3N3S2. The maximum Gasteiger partial charge on any atom is 0.416 e. The van der Waals surface area contributed by atoms with Crippen LogP contribution >= 0.6 is 23.6 Å². The van der Waals surface area contributed by atoms with Gasteiger partial charge in [-0.3, -0.25) is 0 Å². The summed E-state index contributed by atoms with van der Waals surface area (Å²) < 4.78 is 38.5. The second-order valence-corrected chi connectivity index (χ2v) is 5.86. The summed E-state index contributed by atoms with van der Waals surface area (Å²) in [7, 11) is 0. The summed E-state index contributed by atoms with van der Waals surface area (Å²) in [5, 5.41) is 8.76. The van der Waals surface area contributed by atoms with Crippen molar-refractivity contribution in [1.82, 2.24) is 10.3 Å². The van der Waals surface area contributed by atoms with E-state index in [1.807, 2.05) is 5.38 Å².